The van der Waals surface area contributed by atoms with Gasteiger partial charge < -0.3 is 4.74 Å². The maximum absolute atomic E-state index is 12.5. The van der Waals surface area contributed by atoms with Crippen LogP contribution in [0.15, 0.2) is 6.07 Å². The summed E-state index contributed by atoms with van der Waals surface area (Å²) in [5.41, 5.74) is 0.0629. The molecule has 1 aromatic heterocycles. The highest BCUT2D eigenvalue weighted by Gasteiger charge is 2.20. The van der Waals surface area contributed by atoms with Gasteiger partial charge in [0, 0.05) is 14.5 Å². The van der Waals surface area contributed by atoms with Gasteiger partial charge in [-0.25, -0.2) is 18.6 Å². The van der Waals surface area contributed by atoms with Crippen LogP contribution in [0.25, 0.3) is 0 Å². The number of carbonyl (C=O) groups is 1. The van der Waals surface area contributed by atoms with Gasteiger partial charge in [0.15, 0.2) is 5.69 Å². The average Bonchev–Trinajstić information content (AvgIpc) is 2.26. The van der Waals surface area contributed by atoms with Crippen molar-refractivity contribution in [3.05, 3.63) is 26.6 Å². The minimum absolute atomic E-state index is 0.0680. The number of esters is 1. The van der Waals surface area contributed by atoms with Gasteiger partial charge in [0.25, 0.3) is 6.43 Å². The second-order valence-electron chi connectivity index (χ2n) is 2.78. The van der Waals surface area contributed by atoms with Crippen molar-refractivity contribution < 1.29 is 18.3 Å². The largest absolute Gasteiger partial charge is 0.464 e. The Bertz CT molecular complexity index is 415. The van der Waals surface area contributed by atoms with Crippen molar-refractivity contribution in [2.45, 2.75) is 11.8 Å². The molecule has 0 saturated heterocycles. The molecule has 0 aliphatic carbocycles. The van der Waals surface area contributed by atoms with Crippen LogP contribution in [0.5, 0.6) is 0 Å². The first-order chi connectivity index (χ1) is 7.51. The fraction of sp³-hybridized carbons (Fsp3) is 0.333. The lowest BCUT2D eigenvalue weighted by Crippen LogP contribution is -2.11. The molecule has 0 aliphatic heterocycles. The Kier molecular flexibility index (Phi) is 5.03. The van der Waals surface area contributed by atoms with Crippen LogP contribution in [0, 0.1) is 3.57 Å². The van der Waals surface area contributed by atoms with Gasteiger partial charge in [-0.1, -0.05) is 15.9 Å². The molecule has 0 fully saturated rings. The predicted octanol–water partition coefficient (Wildman–Crippen LogP) is 3.31. The van der Waals surface area contributed by atoms with Gasteiger partial charge >= 0.3 is 5.97 Å². The van der Waals surface area contributed by atoms with Crippen molar-refractivity contribution in [1.82, 2.24) is 4.98 Å². The van der Waals surface area contributed by atoms with Gasteiger partial charge in [0.05, 0.1) is 7.11 Å². The third-order valence-corrected chi connectivity index (χ3v) is 3.35. The molecule has 0 aliphatic rings. The van der Waals surface area contributed by atoms with E-state index in [0.29, 0.717) is 14.5 Å². The Labute approximate surface area is 113 Å². The third-order valence-electron chi connectivity index (χ3n) is 1.83. The highest BCUT2D eigenvalue weighted by Crippen LogP contribution is 2.25. The van der Waals surface area contributed by atoms with Gasteiger partial charge in [0.1, 0.15) is 5.69 Å². The van der Waals surface area contributed by atoms with E-state index in [9.17, 15) is 13.6 Å². The van der Waals surface area contributed by atoms with Gasteiger partial charge in [-0.15, -0.1) is 0 Å². The monoisotopic (exact) mass is 405 g/mol. The van der Waals surface area contributed by atoms with E-state index in [1.807, 2.05) is 22.6 Å². The van der Waals surface area contributed by atoms with Crippen molar-refractivity contribution in [1.29, 1.82) is 0 Å². The molecule has 0 N–H and O–H groups in total. The Hall–Kier alpha value is -0.310. The standard InChI is InChI=1S/C9H7BrF2INO2/c1-16-9(15)7-4(3-10)5(13)2-6(14-7)8(11)12/h2,8H,3H2,1H3. The summed E-state index contributed by atoms with van der Waals surface area (Å²) in [5.74, 6) is -0.713. The zero-order valence-electron chi connectivity index (χ0n) is 8.14. The number of halogens is 4. The van der Waals surface area contributed by atoms with Crippen LogP contribution in [0.1, 0.15) is 28.2 Å². The lowest BCUT2D eigenvalue weighted by atomic mass is 10.2. The van der Waals surface area contributed by atoms with Crippen LogP contribution in [-0.4, -0.2) is 18.1 Å². The van der Waals surface area contributed by atoms with Crippen molar-refractivity contribution in [2.75, 3.05) is 7.11 Å². The van der Waals surface area contributed by atoms with Crippen LogP contribution in [0.4, 0.5) is 8.78 Å². The van der Waals surface area contributed by atoms with Crippen LogP contribution in [-0.2, 0) is 10.1 Å². The number of aromatic nitrogens is 1. The quantitative estimate of drug-likeness (QED) is 0.440. The third kappa shape index (κ3) is 2.88. The van der Waals surface area contributed by atoms with Gasteiger partial charge in [-0.05, 0) is 28.7 Å². The summed E-state index contributed by atoms with van der Waals surface area (Å²) in [4.78, 5) is 15.0. The summed E-state index contributed by atoms with van der Waals surface area (Å²) in [7, 11) is 1.18. The molecule has 3 nitrogen and oxygen atoms in total. The van der Waals surface area contributed by atoms with Gasteiger partial charge in [0.2, 0.25) is 0 Å². The first-order valence-corrected chi connectivity index (χ1v) is 6.33. The zero-order chi connectivity index (χ0) is 12.3. The van der Waals surface area contributed by atoms with Crippen LogP contribution >= 0.6 is 38.5 Å². The highest BCUT2D eigenvalue weighted by atomic mass is 127. The fourth-order valence-electron chi connectivity index (χ4n) is 1.06. The number of ether oxygens (including phenoxy) is 1. The molecule has 0 bridgehead atoms. The number of rotatable bonds is 3. The van der Waals surface area contributed by atoms with Crippen molar-refractivity contribution in [3.8, 4) is 0 Å². The van der Waals surface area contributed by atoms with E-state index in [1.165, 1.54) is 13.2 Å². The van der Waals surface area contributed by atoms with E-state index in [2.05, 4.69) is 25.7 Å². The lowest BCUT2D eigenvalue weighted by molar-refractivity contribution is 0.0591. The van der Waals surface area contributed by atoms with Gasteiger partial charge in [-0.3, -0.25) is 0 Å². The summed E-state index contributed by atoms with van der Waals surface area (Å²) in [6, 6.07) is 1.26. The van der Waals surface area contributed by atoms with Crippen molar-refractivity contribution >= 4 is 44.5 Å². The number of pyridine rings is 1. The van der Waals surface area contributed by atoms with Gasteiger partial charge in [-0.2, -0.15) is 0 Å². The number of hydrogen-bond acceptors (Lipinski definition) is 3. The second kappa shape index (κ2) is 5.85. The second-order valence-corrected chi connectivity index (χ2v) is 4.50. The summed E-state index contributed by atoms with van der Waals surface area (Å²) < 4.78 is 30.1. The molecule has 7 heteroatoms. The first-order valence-electron chi connectivity index (χ1n) is 4.13. The van der Waals surface area contributed by atoms with Crippen LogP contribution in [0.3, 0.4) is 0 Å². The molecule has 1 rings (SSSR count). The Morgan fingerprint density at radius 1 is 1.69 bits per heavy atom. The predicted molar refractivity (Wildman–Crippen MR) is 65.9 cm³/mol. The molecule has 0 radical (unpaired) electrons. The number of alkyl halides is 3. The number of nitrogens with zero attached hydrogens (tertiary/aromatic N) is 1. The first kappa shape index (κ1) is 13.8. The minimum Gasteiger partial charge on any atom is -0.464 e. The smallest absolute Gasteiger partial charge is 0.357 e. The molecule has 0 spiro atoms. The van der Waals surface area contributed by atoms with E-state index in [0.717, 1.165) is 0 Å². The molecule has 1 aromatic rings. The fourth-order valence-corrected chi connectivity index (χ4v) is 2.92. The number of methoxy groups -OCH3 is 1. The molecular weight excluding hydrogens is 399 g/mol. The van der Waals surface area contributed by atoms with Crippen LogP contribution < -0.4 is 0 Å². The molecule has 0 aromatic carbocycles. The van der Waals surface area contributed by atoms with E-state index >= 15 is 0 Å². The summed E-state index contributed by atoms with van der Waals surface area (Å²) in [5, 5.41) is 0.353. The molecule has 88 valence electrons. The zero-order valence-corrected chi connectivity index (χ0v) is 11.9. The Morgan fingerprint density at radius 2 is 2.31 bits per heavy atom. The molecule has 0 unspecified atom stereocenters. The summed E-state index contributed by atoms with van der Waals surface area (Å²) in [6.07, 6.45) is -2.71. The summed E-state index contributed by atoms with van der Waals surface area (Å²) in [6.45, 7) is 0. The highest BCUT2D eigenvalue weighted by molar-refractivity contribution is 14.1. The van der Waals surface area contributed by atoms with Crippen molar-refractivity contribution in [3.63, 3.8) is 0 Å². The molecule has 1 heterocycles. The molecular formula is C9H7BrF2INO2. The minimum atomic E-state index is -2.71. The summed E-state index contributed by atoms with van der Waals surface area (Å²) >= 11 is 5.06. The average molecular weight is 406 g/mol. The maximum Gasteiger partial charge on any atom is 0.357 e. The maximum atomic E-state index is 12.5. The SMILES string of the molecule is COC(=O)c1nc(C(F)F)cc(I)c1CBr. The van der Waals surface area contributed by atoms with Crippen molar-refractivity contribution in [2.24, 2.45) is 0 Å². The molecule has 0 atom stereocenters. The number of hydrogen-bond donors (Lipinski definition) is 0. The van der Waals surface area contributed by atoms with E-state index in [1.54, 1.807) is 0 Å². The number of carbonyl (C=O) groups excluding carboxylic acids is 1. The Balaban J connectivity index is 3.36. The normalized spacial score (nSPS) is 10.6. The topological polar surface area (TPSA) is 39.2 Å². The molecule has 16 heavy (non-hydrogen) atoms. The molecule has 0 saturated carbocycles. The van der Waals surface area contributed by atoms with E-state index in [-0.39, 0.29) is 5.69 Å². The molecule has 0 amide bonds. The lowest BCUT2D eigenvalue weighted by Gasteiger charge is -2.09. The van der Waals surface area contributed by atoms with Crippen LogP contribution in [0.2, 0.25) is 0 Å². The van der Waals surface area contributed by atoms with E-state index < -0.39 is 18.1 Å². The Morgan fingerprint density at radius 3 is 2.75 bits per heavy atom. The van der Waals surface area contributed by atoms with E-state index in [4.69, 9.17) is 0 Å².